The average Bonchev–Trinajstić information content (AvgIpc) is 2.79. The van der Waals surface area contributed by atoms with Gasteiger partial charge < -0.3 is 5.32 Å². The van der Waals surface area contributed by atoms with E-state index in [0.29, 0.717) is 6.04 Å². The topological polar surface area (TPSA) is 24.9 Å². The van der Waals surface area contributed by atoms with Crippen LogP contribution in [-0.4, -0.2) is 11.0 Å². The number of anilines is 1. The Morgan fingerprint density at radius 2 is 2.17 bits per heavy atom. The van der Waals surface area contributed by atoms with Crippen LogP contribution in [0.5, 0.6) is 0 Å². The van der Waals surface area contributed by atoms with Gasteiger partial charge in [-0.15, -0.1) is 0 Å². The molecule has 1 atom stereocenters. The van der Waals surface area contributed by atoms with Gasteiger partial charge in [-0.3, -0.25) is 4.98 Å². The zero-order valence-electron chi connectivity index (χ0n) is 10.3. The predicted molar refractivity (Wildman–Crippen MR) is 75.2 cm³/mol. The largest absolute Gasteiger partial charge is 0.380 e. The van der Waals surface area contributed by atoms with Crippen LogP contribution in [0.2, 0.25) is 5.02 Å². The lowest BCUT2D eigenvalue weighted by atomic mass is 10.1. The standard InChI is InChI=1S/C15H15ClN2/c1-10-14-8-13(7-11(14)4-5-15(10)16)18-12-3-2-6-17-9-12/h2-6,9,13,18H,7-8H2,1H3. The number of hydrogen-bond acceptors (Lipinski definition) is 2. The molecule has 1 unspecified atom stereocenters. The first-order valence-electron chi connectivity index (χ1n) is 6.17. The first-order valence-corrected chi connectivity index (χ1v) is 6.55. The van der Waals surface area contributed by atoms with Crippen molar-refractivity contribution in [3.05, 3.63) is 58.4 Å². The molecule has 1 aromatic heterocycles. The van der Waals surface area contributed by atoms with Crippen LogP contribution < -0.4 is 5.32 Å². The predicted octanol–water partition coefficient (Wildman–Crippen LogP) is 3.62. The summed E-state index contributed by atoms with van der Waals surface area (Å²) in [6, 6.07) is 8.60. The molecule has 2 nitrogen and oxygen atoms in total. The van der Waals surface area contributed by atoms with Crippen LogP contribution in [0, 0.1) is 6.92 Å². The van der Waals surface area contributed by atoms with Gasteiger partial charge in [0.2, 0.25) is 0 Å². The molecule has 3 rings (SSSR count). The first-order chi connectivity index (χ1) is 8.74. The second-order valence-corrected chi connectivity index (χ2v) is 5.21. The van der Waals surface area contributed by atoms with Crippen molar-refractivity contribution in [2.75, 3.05) is 5.32 Å². The van der Waals surface area contributed by atoms with Crippen molar-refractivity contribution in [3.8, 4) is 0 Å². The lowest BCUT2D eigenvalue weighted by Gasteiger charge is -2.12. The molecule has 0 radical (unpaired) electrons. The van der Waals surface area contributed by atoms with Crippen molar-refractivity contribution >= 4 is 17.3 Å². The van der Waals surface area contributed by atoms with E-state index in [1.807, 2.05) is 18.3 Å². The summed E-state index contributed by atoms with van der Waals surface area (Å²) in [6.45, 7) is 2.10. The van der Waals surface area contributed by atoms with Crippen LogP contribution in [0.4, 0.5) is 5.69 Å². The second kappa shape index (κ2) is 4.62. The molecule has 1 aromatic carbocycles. The van der Waals surface area contributed by atoms with E-state index in [1.165, 1.54) is 16.7 Å². The molecule has 1 aliphatic rings. The molecule has 1 N–H and O–H groups in total. The van der Waals surface area contributed by atoms with Gasteiger partial charge in [0.05, 0.1) is 5.69 Å². The molecule has 0 saturated heterocycles. The average molecular weight is 259 g/mol. The third-order valence-corrected chi connectivity index (χ3v) is 3.99. The lowest BCUT2D eigenvalue weighted by molar-refractivity contribution is 0.772. The van der Waals surface area contributed by atoms with Gasteiger partial charge in [0.15, 0.2) is 0 Å². The Hall–Kier alpha value is -1.54. The van der Waals surface area contributed by atoms with Crippen LogP contribution in [0.1, 0.15) is 16.7 Å². The van der Waals surface area contributed by atoms with Crippen molar-refractivity contribution in [2.24, 2.45) is 0 Å². The highest BCUT2D eigenvalue weighted by Crippen LogP contribution is 2.31. The highest BCUT2D eigenvalue weighted by Gasteiger charge is 2.23. The Kier molecular flexibility index (Phi) is 2.96. The zero-order chi connectivity index (χ0) is 12.5. The van der Waals surface area contributed by atoms with Crippen molar-refractivity contribution in [3.63, 3.8) is 0 Å². The first kappa shape index (κ1) is 11.5. The fraction of sp³-hybridized carbons (Fsp3) is 0.267. The summed E-state index contributed by atoms with van der Waals surface area (Å²) in [5, 5.41) is 4.40. The Morgan fingerprint density at radius 1 is 1.28 bits per heavy atom. The van der Waals surface area contributed by atoms with Gasteiger partial charge in [-0.2, -0.15) is 0 Å². The number of halogens is 1. The molecule has 0 bridgehead atoms. The number of nitrogens with one attached hydrogen (secondary N) is 1. The normalized spacial score (nSPS) is 17.6. The third kappa shape index (κ3) is 2.08. The molecular formula is C15H15ClN2. The van der Waals surface area contributed by atoms with E-state index >= 15 is 0 Å². The molecule has 0 saturated carbocycles. The Bertz CT molecular complexity index is 566. The monoisotopic (exact) mass is 258 g/mol. The van der Waals surface area contributed by atoms with E-state index in [4.69, 9.17) is 11.6 Å². The molecule has 18 heavy (non-hydrogen) atoms. The van der Waals surface area contributed by atoms with Gasteiger partial charge in [-0.05, 0) is 54.7 Å². The Balaban J connectivity index is 1.79. The molecule has 0 spiro atoms. The number of hydrogen-bond donors (Lipinski definition) is 1. The highest BCUT2D eigenvalue weighted by molar-refractivity contribution is 6.31. The SMILES string of the molecule is Cc1c(Cl)ccc2c1CC(Nc1cccnc1)C2. The summed E-state index contributed by atoms with van der Waals surface area (Å²) in [4.78, 5) is 4.12. The molecule has 0 fully saturated rings. The molecule has 1 aliphatic carbocycles. The number of fused-ring (bicyclic) bond motifs is 1. The molecule has 2 aromatic rings. The highest BCUT2D eigenvalue weighted by atomic mass is 35.5. The van der Waals surface area contributed by atoms with Crippen LogP contribution in [0.15, 0.2) is 36.7 Å². The molecule has 3 heteroatoms. The van der Waals surface area contributed by atoms with Gasteiger partial charge >= 0.3 is 0 Å². The van der Waals surface area contributed by atoms with Crippen LogP contribution in [0.3, 0.4) is 0 Å². The van der Waals surface area contributed by atoms with Crippen molar-refractivity contribution in [1.29, 1.82) is 0 Å². The summed E-state index contributed by atoms with van der Waals surface area (Å²) < 4.78 is 0. The number of rotatable bonds is 2. The third-order valence-electron chi connectivity index (χ3n) is 3.58. The number of aromatic nitrogens is 1. The summed E-state index contributed by atoms with van der Waals surface area (Å²) in [5.41, 5.74) is 5.13. The summed E-state index contributed by atoms with van der Waals surface area (Å²) in [7, 11) is 0. The van der Waals surface area contributed by atoms with E-state index in [2.05, 4.69) is 29.4 Å². The Morgan fingerprint density at radius 3 is 2.94 bits per heavy atom. The molecule has 0 aliphatic heterocycles. The van der Waals surface area contributed by atoms with Gasteiger partial charge in [0, 0.05) is 23.5 Å². The lowest BCUT2D eigenvalue weighted by Crippen LogP contribution is -2.19. The van der Waals surface area contributed by atoms with Gasteiger partial charge in [-0.25, -0.2) is 0 Å². The molecule has 1 heterocycles. The summed E-state index contributed by atoms with van der Waals surface area (Å²) in [6.07, 6.45) is 5.75. The van der Waals surface area contributed by atoms with Gasteiger partial charge in [0.1, 0.15) is 0 Å². The second-order valence-electron chi connectivity index (χ2n) is 4.80. The molecule has 92 valence electrons. The number of pyridine rings is 1. The minimum Gasteiger partial charge on any atom is -0.380 e. The van der Waals surface area contributed by atoms with Crippen LogP contribution >= 0.6 is 11.6 Å². The van der Waals surface area contributed by atoms with E-state index in [-0.39, 0.29) is 0 Å². The van der Waals surface area contributed by atoms with Crippen LogP contribution in [-0.2, 0) is 12.8 Å². The van der Waals surface area contributed by atoms with Gasteiger partial charge in [-0.1, -0.05) is 17.7 Å². The smallest absolute Gasteiger partial charge is 0.0529 e. The van der Waals surface area contributed by atoms with E-state index in [9.17, 15) is 0 Å². The van der Waals surface area contributed by atoms with Crippen molar-refractivity contribution < 1.29 is 0 Å². The number of nitrogens with zero attached hydrogens (tertiary/aromatic N) is 1. The quantitative estimate of drug-likeness (QED) is 0.890. The van der Waals surface area contributed by atoms with Crippen molar-refractivity contribution in [2.45, 2.75) is 25.8 Å². The maximum absolute atomic E-state index is 6.17. The number of benzene rings is 1. The summed E-state index contributed by atoms with van der Waals surface area (Å²) >= 11 is 6.17. The zero-order valence-corrected chi connectivity index (χ0v) is 11.0. The van der Waals surface area contributed by atoms with Gasteiger partial charge in [0.25, 0.3) is 0 Å². The van der Waals surface area contributed by atoms with E-state index in [0.717, 1.165) is 23.6 Å². The molecule has 0 amide bonds. The summed E-state index contributed by atoms with van der Waals surface area (Å²) in [5.74, 6) is 0. The van der Waals surface area contributed by atoms with Crippen LogP contribution in [0.25, 0.3) is 0 Å². The fourth-order valence-electron chi connectivity index (χ4n) is 2.63. The fourth-order valence-corrected chi connectivity index (χ4v) is 2.81. The van der Waals surface area contributed by atoms with E-state index in [1.54, 1.807) is 6.20 Å². The molecular weight excluding hydrogens is 244 g/mol. The van der Waals surface area contributed by atoms with E-state index < -0.39 is 0 Å². The maximum atomic E-state index is 6.17. The minimum absolute atomic E-state index is 0.446. The Labute approximate surface area is 112 Å². The minimum atomic E-state index is 0.446. The van der Waals surface area contributed by atoms with Crippen molar-refractivity contribution in [1.82, 2.24) is 4.98 Å². The maximum Gasteiger partial charge on any atom is 0.0529 e.